The van der Waals surface area contributed by atoms with E-state index in [1.54, 1.807) is 0 Å². The number of hydrogen-bond acceptors (Lipinski definition) is 5. The molecular formula is C9H11N3O4S. The smallest absolute Gasteiger partial charge is 0.346 e. The second-order valence-corrected chi connectivity index (χ2v) is 4.18. The molecule has 1 aromatic heterocycles. The predicted octanol–water partition coefficient (Wildman–Crippen LogP) is 1.54. The van der Waals surface area contributed by atoms with E-state index in [4.69, 9.17) is 10.6 Å². The molecular weight excluding hydrogens is 246 g/mol. The zero-order chi connectivity index (χ0) is 12.8. The zero-order valence-electron chi connectivity index (χ0n) is 8.72. The molecule has 7 nitrogen and oxygen atoms in total. The summed E-state index contributed by atoms with van der Waals surface area (Å²) in [5.74, 6) is -1.14. The Morgan fingerprint density at radius 2 is 2.29 bits per heavy atom. The Balaban J connectivity index is 2.74. The topological polar surface area (TPSA) is 127 Å². The molecule has 8 heteroatoms. The molecule has 0 aliphatic heterocycles. The minimum atomic E-state index is -1.29. The first-order valence-electron chi connectivity index (χ1n) is 4.75. The SMILES string of the molecule is [N-]=[N+]=NCCC(O)C(O)c1ccsc1C(=O)O. The maximum atomic E-state index is 10.8. The molecule has 1 aromatic rings. The maximum Gasteiger partial charge on any atom is 0.346 e. The van der Waals surface area contributed by atoms with Crippen LogP contribution in [0.4, 0.5) is 0 Å². The van der Waals surface area contributed by atoms with Gasteiger partial charge in [0.15, 0.2) is 0 Å². The van der Waals surface area contributed by atoms with Crippen LogP contribution in [0.25, 0.3) is 10.4 Å². The number of carbonyl (C=O) groups is 1. The molecule has 2 unspecified atom stereocenters. The lowest BCUT2D eigenvalue weighted by Crippen LogP contribution is -2.20. The van der Waals surface area contributed by atoms with Crippen LogP contribution >= 0.6 is 11.3 Å². The average molecular weight is 257 g/mol. The standard InChI is InChI=1S/C9H11N3O4S/c10-12-11-3-1-6(13)7(14)5-2-4-17-8(5)9(15)16/h2,4,6-7,13-14H,1,3H2,(H,15,16). The van der Waals surface area contributed by atoms with E-state index in [0.29, 0.717) is 0 Å². The van der Waals surface area contributed by atoms with Crippen LogP contribution in [0.3, 0.4) is 0 Å². The van der Waals surface area contributed by atoms with Crippen LogP contribution in [0, 0.1) is 0 Å². The largest absolute Gasteiger partial charge is 0.477 e. The molecule has 0 amide bonds. The van der Waals surface area contributed by atoms with E-state index in [1.165, 1.54) is 11.4 Å². The zero-order valence-corrected chi connectivity index (χ0v) is 9.54. The van der Waals surface area contributed by atoms with Gasteiger partial charge < -0.3 is 15.3 Å². The summed E-state index contributed by atoms with van der Waals surface area (Å²) in [6.45, 7) is 0.0429. The van der Waals surface area contributed by atoms with Gasteiger partial charge >= 0.3 is 5.97 Å². The molecule has 17 heavy (non-hydrogen) atoms. The fourth-order valence-corrected chi connectivity index (χ4v) is 2.10. The molecule has 1 rings (SSSR count). The lowest BCUT2D eigenvalue weighted by molar-refractivity contribution is 0.0144. The van der Waals surface area contributed by atoms with Crippen molar-refractivity contribution in [3.05, 3.63) is 32.3 Å². The number of hydrogen-bond donors (Lipinski definition) is 3. The molecule has 0 aromatic carbocycles. The van der Waals surface area contributed by atoms with E-state index in [1.807, 2.05) is 0 Å². The van der Waals surface area contributed by atoms with Crippen LogP contribution in [0.5, 0.6) is 0 Å². The Kier molecular flexibility index (Phi) is 4.92. The molecule has 0 aliphatic carbocycles. The highest BCUT2D eigenvalue weighted by atomic mass is 32.1. The summed E-state index contributed by atoms with van der Waals surface area (Å²) in [6, 6.07) is 1.45. The van der Waals surface area contributed by atoms with Gasteiger partial charge in [0, 0.05) is 17.0 Å². The van der Waals surface area contributed by atoms with E-state index in [0.717, 1.165) is 11.3 Å². The Hall–Kier alpha value is -1.60. The summed E-state index contributed by atoms with van der Waals surface area (Å²) >= 11 is 0.979. The average Bonchev–Trinajstić information content (AvgIpc) is 2.77. The lowest BCUT2D eigenvalue weighted by atomic mass is 10.0. The van der Waals surface area contributed by atoms with Crippen molar-refractivity contribution in [1.82, 2.24) is 0 Å². The van der Waals surface area contributed by atoms with Gasteiger partial charge in [0.1, 0.15) is 11.0 Å². The first kappa shape index (κ1) is 13.5. The number of carboxylic acid groups (broad SMARTS) is 1. The summed E-state index contributed by atoms with van der Waals surface area (Å²) in [6.07, 6.45) is -2.38. The molecule has 0 saturated carbocycles. The molecule has 0 radical (unpaired) electrons. The van der Waals surface area contributed by atoms with Gasteiger partial charge in [-0.3, -0.25) is 0 Å². The van der Waals surface area contributed by atoms with Gasteiger partial charge in [0.2, 0.25) is 0 Å². The van der Waals surface area contributed by atoms with Gasteiger partial charge in [-0.1, -0.05) is 5.11 Å². The van der Waals surface area contributed by atoms with E-state index < -0.39 is 18.2 Å². The minimum absolute atomic E-state index is 0.000310. The quantitative estimate of drug-likeness (QED) is 0.405. The molecule has 0 bridgehead atoms. The van der Waals surface area contributed by atoms with Crippen molar-refractivity contribution in [2.45, 2.75) is 18.6 Å². The maximum absolute atomic E-state index is 10.8. The number of aromatic carboxylic acids is 1. The first-order chi connectivity index (χ1) is 8.07. The first-order valence-corrected chi connectivity index (χ1v) is 5.63. The van der Waals surface area contributed by atoms with Gasteiger partial charge in [0.05, 0.1) is 6.10 Å². The van der Waals surface area contributed by atoms with Crippen LogP contribution < -0.4 is 0 Å². The second kappa shape index (κ2) is 6.21. The normalized spacial score (nSPS) is 13.8. The number of thiophene rings is 1. The van der Waals surface area contributed by atoms with Gasteiger partial charge in [0.25, 0.3) is 0 Å². The Labute approximate surface area is 101 Å². The van der Waals surface area contributed by atoms with Gasteiger partial charge in [-0.25, -0.2) is 4.79 Å². The van der Waals surface area contributed by atoms with Crippen molar-refractivity contribution < 1.29 is 20.1 Å². The third-order valence-electron chi connectivity index (χ3n) is 2.16. The third-order valence-corrected chi connectivity index (χ3v) is 3.08. The van der Waals surface area contributed by atoms with Gasteiger partial charge in [-0.2, -0.15) is 0 Å². The van der Waals surface area contributed by atoms with E-state index in [9.17, 15) is 15.0 Å². The van der Waals surface area contributed by atoms with Crippen LogP contribution in [0.15, 0.2) is 16.6 Å². The third kappa shape index (κ3) is 3.43. The summed E-state index contributed by atoms with van der Waals surface area (Å²) in [5.41, 5.74) is 8.23. The molecule has 2 atom stereocenters. The number of carboxylic acids is 1. The highest BCUT2D eigenvalue weighted by Gasteiger charge is 2.24. The van der Waals surface area contributed by atoms with Crippen molar-refractivity contribution in [2.24, 2.45) is 5.11 Å². The second-order valence-electron chi connectivity index (χ2n) is 3.27. The van der Waals surface area contributed by atoms with E-state index in [-0.39, 0.29) is 23.4 Å². The molecule has 0 fully saturated rings. The van der Waals surface area contributed by atoms with Crippen LogP contribution in [-0.2, 0) is 0 Å². The monoisotopic (exact) mass is 257 g/mol. The Morgan fingerprint density at radius 1 is 1.59 bits per heavy atom. The highest BCUT2D eigenvalue weighted by Crippen LogP contribution is 2.27. The van der Waals surface area contributed by atoms with Crippen LogP contribution in [-0.4, -0.2) is 33.9 Å². The van der Waals surface area contributed by atoms with E-state index in [2.05, 4.69) is 10.0 Å². The molecule has 3 N–H and O–H groups in total. The van der Waals surface area contributed by atoms with Gasteiger partial charge in [-0.05, 0) is 23.4 Å². The summed E-state index contributed by atoms with van der Waals surface area (Å²) < 4.78 is 0. The fraction of sp³-hybridized carbons (Fsp3) is 0.444. The molecule has 0 saturated heterocycles. The van der Waals surface area contributed by atoms with Gasteiger partial charge in [-0.15, -0.1) is 11.3 Å². The molecule has 0 spiro atoms. The minimum Gasteiger partial charge on any atom is -0.477 e. The summed E-state index contributed by atoms with van der Waals surface area (Å²) in [4.78, 5) is 13.3. The Bertz CT molecular complexity index is 441. The molecule has 0 aliphatic rings. The molecule has 92 valence electrons. The van der Waals surface area contributed by atoms with E-state index >= 15 is 0 Å². The Morgan fingerprint density at radius 3 is 2.88 bits per heavy atom. The highest BCUT2D eigenvalue weighted by molar-refractivity contribution is 7.12. The van der Waals surface area contributed by atoms with Crippen molar-refractivity contribution in [2.75, 3.05) is 6.54 Å². The van der Waals surface area contributed by atoms with Crippen LogP contribution in [0.1, 0.15) is 27.8 Å². The number of nitrogens with zero attached hydrogens (tertiary/aromatic N) is 3. The van der Waals surface area contributed by atoms with Crippen molar-refractivity contribution in [1.29, 1.82) is 0 Å². The van der Waals surface area contributed by atoms with Crippen molar-refractivity contribution >= 4 is 17.3 Å². The van der Waals surface area contributed by atoms with Crippen LogP contribution in [0.2, 0.25) is 0 Å². The molecule has 1 heterocycles. The number of aliphatic hydroxyl groups is 2. The number of aliphatic hydroxyl groups excluding tert-OH is 2. The summed E-state index contributed by atoms with van der Waals surface area (Å²) in [5, 5.41) is 33.0. The summed E-state index contributed by atoms with van der Waals surface area (Å²) in [7, 11) is 0. The number of azide groups is 1. The van der Waals surface area contributed by atoms with Crippen molar-refractivity contribution in [3.63, 3.8) is 0 Å². The fourth-order valence-electron chi connectivity index (χ4n) is 1.33. The lowest BCUT2D eigenvalue weighted by Gasteiger charge is -2.16. The van der Waals surface area contributed by atoms with Crippen molar-refractivity contribution in [3.8, 4) is 0 Å². The predicted molar refractivity (Wildman–Crippen MR) is 60.9 cm³/mol. The number of rotatable bonds is 6.